The minimum Gasteiger partial charge on any atom is -0.449 e. The number of hydrogen-bond donors (Lipinski definition) is 2. The molecule has 0 saturated heterocycles. The first-order valence-corrected chi connectivity index (χ1v) is 11.7. The Kier molecular flexibility index (Phi) is 8.93. The first-order chi connectivity index (χ1) is 16.4. The summed E-state index contributed by atoms with van der Waals surface area (Å²) in [5, 5.41) is 2.79. The molecule has 0 spiro atoms. The lowest BCUT2D eigenvalue weighted by Gasteiger charge is -2.15. The number of aryl methyl sites for hydroxylation is 1. The van der Waals surface area contributed by atoms with Gasteiger partial charge in [-0.05, 0) is 53.6 Å². The maximum atomic E-state index is 12.5. The molecule has 3 aromatic rings. The van der Waals surface area contributed by atoms with Gasteiger partial charge in [0.25, 0.3) is 5.56 Å². The van der Waals surface area contributed by atoms with Crippen LogP contribution in [0.2, 0.25) is 0 Å². The summed E-state index contributed by atoms with van der Waals surface area (Å²) in [6.07, 6.45) is 2.59. The summed E-state index contributed by atoms with van der Waals surface area (Å²) in [6.45, 7) is 4.45. The van der Waals surface area contributed by atoms with Gasteiger partial charge in [-0.1, -0.05) is 55.5 Å². The molecule has 184 valence electrons. The number of Topliss-reactive ketones (excluding diaryl/α,β-unsaturated/α-hetero) is 1. The van der Waals surface area contributed by atoms with Crippen molar-refractivity contribution < 1.29 is 14.3 Å². The average molecular weight is 493 g/mol. The zero-order chi connectivity index (χ0) is 24.1. The number of benzene rings is 2. The molecule has 35 heavy (non-hydrogen) atoms. The molecule has 6 nitrogen and oxygen atoms in total. The third-order valence-corrected chi connectivity index (χ3v) is 6.47. The normalized spacial score (nSPS) is 12.7. The molecule has 1 aliphatic carbocycles. The highest BCUT2D eigenvalue weighted by atomic mass is 32.1. The highest BCUT2D eigenvalue weighted by molar-refractivity contribution is 7.59. The van der Waals surface area contributed by atoms with Crippen LogP contribution in [-0.4, -0.2) is 30.0 Å². The molecule has 0 aliphatic heterocycles. The van der Waals surface area contributed by atoms with Gasteiger partial charge in [0, 0.05) is 36.6 Å². The minimum absolute atomic E-state index is 0. The van der Waals surface area contributed by atoms with Crippen LogP contribution in [-0.2, 0) is 16.0 Å². The number of nitrogens with one attached hydrogen (secondary N) is 2. The van der Waals surface area contributed by atoms with Crippen molar-refractivity contribution in [3.63, 3.8) is 0 Å². The van der Waals surface area contributed by atoms with Crippen LogP contribution in [0.15, 0.2) is 65.6 Å². The smallest absolute Gasteiger partial charge is 0.407 e. The zero-order valence-corrected chi connectivity index (χ0v) is 21.1. The number of alkyl carbamates (subject to hydrolysis) is 1. The number of ketones is 1. The lowest BCUT2D eigenvalue weighted by atomic mass is 9.95. The molecule has 4 rings (SSSR count). The second-order valence-corrected chi connectivity index (χ2v) is 8.97. The van der Waals surface area contributed by atoms with Crippen molar-refractivity contribution in [2.45, 2.75) is 39.0 Å². The molecule has 1 aromatic heterocycles. The highest BCUT2D eigenvalue weighted by Crippen LogP contribution is 2.44. The van der Waals surface area contributed by atoms with Gasteiger partial charge in [-0.2, -0.15) is 13.5 Å². The van der Waals surface area contributed by atoms with Crippen LogP contribution in [0, 0.1) is 12.8 Å². The molecule has 2 N–H and O–H groups in total. The number of H-pyrrole nitrogens is 1. The van der Waals surface area contributed by atoms with Gasteiger partial charge >= 0.3 is 6.09 Å². The van der Waals surface area contributed by atoms with Gasteiger partial charge in [0.05, 0.1) is 0 Å². The molecule has 1 heterocycles. The Morgan fingerprint density at radius 2 is 1.69 bits per heavy atom. The molecule has 1 amide bonds. The number of hydrogen-bond acceptors (Lipinski definition) is 4. The number of fused-ring (bicyclic) bond motifs is 3. The fraction of sp³-hybridized carbons (Fsp3) is 0.321. The summed E-state index contributed by atoms with van der Waals surface area (Å²) in [5.41, 5.74) is 5.93. The van der Waals surface area contributed by atoms with Crippen molar-refractivity contribution >= 4 is 25.4 Å². The Hall–Kier alpha value is -3.32. The van der Waals surface area contributed by atoms with E-state index in [2.05, 4.69) is 34.6 Å². The largest absolute Gasteiger partial charge is 0.449 e. The molecule has 7 heteroatoms. The van der Waals surface area contributed by atoms with Gasteiger partial charge in [-0.3, -0.25) is 9.59 Å². The molecular formula is C28H32N2O4S. The average Bonchev–Trinajstić information content (AvgIpc) is 3.16. The van der Waals surface area contributed by atoms with Crippen molar-refractivity contribution in [3.8, 4) is 11.1 Å². The van der Waals surface area contributed by atoms with Crippen molar-refractivity contribution in [3.05, 3.63) is 93.4 Å². The van der Waals surface area contributed by atoms with Crippen LogP contribution in [0.1, 0.15) is 47.9 Å². The van der Waals surface area contributed by atoms with E-state index in [-0.39, 0.29) is 49.7 Å². The van der Waals surface area contributed by atoms with Crippen LogP contribution in [0.5, 0.6) is 0 Å². The number of ether oxygens (including phenoxy) is 1. The van der Waals surface area contributed by atoms with E-state index in [0.29, 0.717) is 24.9 Å². The second-order valence-electron chi connectivity index (χ2n) is 8.97. The van der Waals surface area contributed by atoms with Crippen LogP contribution in [0.25, 0.3) is 11.1 Å². The quantitative estimate of drug-likeness (QED) is 0.418. The van der Waals surface area contributed by atoms with Gasteiger partial charge in [0.15, 0.2) is 0 Å². The second kappa shape index (κ2) is 11.9. The van der Waals surface area contributed by atoms with Gasteiger partial charge in [0.2, 0.25) is 0 Å². The van der Waals surface area contributed by atoms with E-state index in [9.17, 15) is 14.4 Å². The Balaban J connectivity index is 0.00000342. The fourth-order valence-electron chi connectivity index (χ4n) is 4.56. The molecular weight excluding hydrogens is 460 g/mol. The van der Waals surface area contributed by atoms with E-state index >= 15 is 0 Å². The van der Waals surface area contributed by atoms with E-state index in [1.807, 2.05) is 38.1 Å². The van der Waals surface area contributed by atoms with Crippen LogP contribution in [0.3, 0.4) is 0 Å². The lowest BCUT2D eigenvalue weighted by Crippen LogP contribution is -2.27. The van der Waals surface area contributed by atoms with Crippen molar-refractivity contribution in [1.29, 1.82) is 0 Å². The number of aromatic nitrogens is 1. The van der Waals surface area contributed by atoms with E-state index < -0.39 is 6.09 Å². The minimum atomic E-state index is -0.452. The van der Waals surface area contributed by atoms with Crippen LogP contribution < -0.4 is 10.9 Å². The van der Waals surface area contributed by atoms with Crippen molar-refractivity contribution in [2.75, 3.05) is 13.2 Å². The number of pyridine rings is 1. The van der Waals surface area contributed by atoms with E-state index in [1.54, 1.807) is 12.3 Å². The summed E-state index contributed by atoms with van der Waals surface area (Å²) >= 11 is 0. The van der Waals surface area contributed by atoms with Gasteiger partial charge < -0.3 is 15.0 Å². The molecule has 0 radical (unpaired) electrons. The Morgan fingerprint density at radius 3 is 2.34 bits per heavy atom. The van der Waals surface area contributed by atoms with E-state index in [0.717, 1.165) is 5.56 Å². The molecule has 2 aromatic carbocycles. The number of carbonyl (C=O) groups is 2. The first-order valence-electron chi connectivity index (χ1n) is 11.7. The maximum Gasteiger partial charge on any atom is 0.407 e. The maximum absolute atomic E-state index is 12.5. The number of amides is 1. The number of rotatable bonds is 9. The fourth-order valence-corrected chi connectivity index (χ4v) is 4.56. The summed E-state index contributed by atoms with van der Waals surface area (Å²) in [4.78, 5) is 39.3. The van der Waals surface area contributed by atoms with E-state index in [4.69, 9.17) is 4.74 Å². The van der Waals surface area contributed by atoms with Gasteiger partial charge in [0.1, 0.15) is 12.4 Å². The number of aromatic amines is 1. The molecule has 0 bridgehead atoms. The topological polar surface area (TPSA) is 88.3 Å². The lowest BCUT2D eigenvalue weighted by molar-refractivity contribution is -0.121. The third kappa shape index (κ3) is 6.22. The SMILES string of the molecule is Cc1c[nH]c(=O)c(CC(=O)[C@@H](C)CCCNC(=O)OCC2c3ccccc3-c3ccccc32)c1.S. The standard InChI is InChI=1S/C28H30N2O4.H2S/c1-18-14-20(27(32)30-16-18)15-26(31)19(2)8-7-13-29-28(33)34-17-25-23-11-5-3-9-21(23)22-10-4-6-12-24(22)25;/h3-6,9-12,14,16,19,25H,7-8,13,15,17H2,1-2H3,(H,29,33)(H,30,32);1H2/t19-;/m0./s1. The molecule has 1 atom stereocenters. The predicted octanol–water partition coefficient (Wildman–Crippen LogP) is 4.86. The Labute approximate surface area is 212 Å². The highest BCUT2D eigenvalue weighted by Gasteiger charge is 2.29. The molecule has 0 fully saturated rings. The summed E-state index contributed by atoms with van der Waals surface area (Å²) in [6, 6.07) is 18.2. The summed E-state index contributed by atoms with van der Waals surface area (Å²) in [7, 11) is 0. The Morgan fingerprint density at radius 1 is 1.06 bits per heavy atom. The number of carbonyl (C=O) groups excluding carboxylic acids is 2. The third-order valence-electron chi connectivity index (χ3n) is 6.47. The van der Waals surface area contributed by atoms with Crippen LogP contribution >= 0.6 is 13.5 Å². The van der Waals surface area contributed by atoms with Gasteiger partial charge in [-0.25, -0.2) is 4.79 Å². The monoisotopic (exact) mass is 492 g/mol. The van der Waals surface area contributed by atoms with Crippen molar-refractivity contribution in [1.82, 2.24) is 10.3 Å². The zero-order valence-electron chi connectivity index (χ0n) is 20.1. The van der Waals surface area contributed by atoms with Gasteiger partial charge in [-0.15, -0.1) is 0 Å². The van der Waals surface area contributed by atoms with Crippen molar-refractivity contribution in [2.24, 2.45) is 5.92 Å². The molecule has 0 saturated carbocycles. The van der Waals surface area contributed by atoms with E-state index in [1.165, 1.54) is 22.3 Å². The summed E-state index contributed by atoms with van der Waals surface area (Å²) < 4.78 is 5.54. The molecule has 1 aliphatic rings. The first kappa shape index (κ1) is 26.3. The molecule has 0 unspecified atom stereocenters. The van der Waals surface area contributed by atoms with Crippen LogP contribution in [0.4, 0.5) is 4.79 Å². The summed E-state index contributed by atoms with van der Waals surface area (Å²) in [5.74, 6) is -0.137. The Bertz CT molecular complexity index is 1210. The predicted molar refractivity (Wildman–Crippen MR) is 142 cm³/mol.